The number of nitro groups is 1. The number of aromatic nitrogens is 4. The van der Waals surface area contributed by atoms with Gasteiger partial charge in [-0.05, 0) is 38.0 Å². The van der Waals surface area contributed by atoms with E-state index in [1.807, 2.05) is 31.2 Å². The summed E-state index contributed by atoms with van der Waals surface area (Å²) in [4.78, 5) is 29.4. The van der Waals surface area contributed by atoms with Gasteiger partial charge in [-0.2, -0.15) is 20.1 Å². The lowest BCUT2D eigenvalue weighted by atomic mass is 10.1. The van der Waals surface area contributed by atoms with Crippen LogP contribution >= 0.6 is 0 Å². The Hall–Kier alpha value is -4.54. The molecule has 0 unspecified atom stereocenters. The number of H-pyrrole nitrogens is 1. The molecule has 0 saturated carbocycles. The third kappa shape index (κ3) is 4.49. The Morgan fingerprint density at radius 3 is 2.56 bits per heavy atom. The molecule has 0 radical (unpaired) electrons. The maximum Gasteiger partial charge on any atom is 0.269 e. The Morgan fingerprint density at radius 2 is 1.79 bits per heavy atom. The zero-order valence-electron chi connectivity index (χ0n) is 18.5. The number of para-hydroxylation sites is 1. The Kier molecular flexibility index (Phi) is 5.73. The average molecular weight is 457 g/mol. The molecule has 1 aliphatic rings. The fourth-order valence-electron chi connectivity index (χ4n) is 3.94. The first-order chi connectivity index (χ1) is 16.6. The summed E-state index contributed by atoms with van der Waals surface area (Å²) < 4.78 is 0. The van der Waals surface area contributed by atoms with Gasteiger partial charge in [0.25, 0.3) is 5.69 Å². The third-order valence-corrected chi connectivity index (χ3v) is 5.65. The molecule has 2 aromatic heterocycles. The molecular weight excluding hydrogens is 434 g/mol. The number of aryl methyl sites for hydroxylation is 1. The molecule has 0 aliphatic carbocycles. The molecular formula is C23H23N9O2. The SMILES string of the molecule is Cc1[nH]c2ccccc2c1/C=N\Nc1nc(Nc2ccc([N+](=O)[O-])cc2)nc(N2CCCC2)n1. The number of rotatable bonds is 7. The van der Waals surface area contributed by atoms with Gasteiger partial charge in [0.05, 0.1) is 11.1 Å². The Morgan fingerprint density at radius 1 is 1.06 bits per heavy atom. The van der Waals surface area contributed by atoms with Gasteiger partial charge in [-0.25, -0.2) is 5.43 Å². The highest BCUT2D eigenvalue weighted by Crippen LogP contribution is 2.23. The summed E-state index contributed by atoms with van der Waals surface area (Å²) in [6, 6.07) is 14.1. The molecule has 11 heteroatoms. The molecule has 172 valence electrons. The first-order valence-electron chi connectivity index (χ1n) is 11.0. The van der Waals surface area contributed by atoms with Crippen molar-refractivity contribution in [1.82, 2.24) is 19.9 Å². The second-order valence-corrected chi connectivity index (χ2v) is 7.99. The predicted octanol–water partition coefficient (Wildman–Crippen LogP) is 4.36. The van der Waals surface area contributed by atoms with Gasteiger partial charge in [0.2, 0.25) is 17.8 Å². The summed E-state index contributed by atoms with van der Waals surface area (Å²) >= 11 is 0. The summed E-state index contributed by atoms with van der Waals surface area (Å²) in [5.41, 5.74) is 6.63. The number of hydrazone groups is 1. The van der Waals surface area contributed by atoms with Crippen molar-refractivity contribution in [2.24, 2.45) is 5.10 Å². The number of hydrogen-bond acceptors (Lipinski definition) is 9. The molecule has 0 spiro atoms. The van der Waals surface area contributed by atoms with Crippen molar-refractivity contribution < 1.29 is 4.92 Å². The Labute approximate surface area is 195 Å². The van der Waals surface area contributed by atoms with E-state index in [4.69, 9.17) is 0 Å². The van der Waals surface area contributed by atoms with E-state index in [2.05, 4.69) is 40.7 Å². The molecule has 1 aliphatic heterocycles. The van der Waals surface area contributed by atoms with Crippen LogP contribution in [0.25, 0.3) is 10.9 Å². The molecule has 5 rings (SSSR count). The van der Waals surface area contributed by atoms with Gasteiger partial charge >= 0.3 is 0 Å². The number of non-ortho nitro benzene ring substituents is 1. The van der Waals surface area contributed by atoms with Gasteiger partial charge in [-0.1, -0.05) is 18.2 Å². The smallest absolute Gasteiger partial charge is 0.269 e. The van der Waals surface area contributed by atoms with Gasteiger partial charge in [0, 0.05) is 53.1 Å². The van der Waals surface area contributed by atoms with Crippen LogP contribution < -0.4 is 15.6 Å². The van der Waals surface area contributed by atoms with Crippen molar-refractivity contribution in [2.75, 3.05) is 28.7 Å². The second-order valence-electron chi connectivity index (χ2n) is 7.99. The number of benzene rings is 2. The fraction of sp³-hybridized carbons (Fsp3) is 0.217. The van der Waals surface area contributed by atoms with Crippen LogP contribution in [0.3, 0.4) is 0 Å². The second kappa shape index (κ2) is 9.14. The quantitative estimate of drug-likeness (QED) is 0.211. The van der Waals surface area contributed by atoms with Crippen molar-refractivity contribution >= 4 is 46.3 Å². The molecule has 3 heterocycles. The maximum absolute atomic E-state index is 10.9. The van der Waals surface area contributed by atoms with Crippen molar-refractivity contribution in [2.45, 2.75) is 19.8 Å². The van der Waals surface area contributed by atoms with Crippen LogP contribution in [0.1, 0.15) is 24.1 Å². The number of fused-ring (bicyclic) bond motifs is 1. The third-order valence-electron chi connectivity index (χ3n) is 5.65. The lowest BCUT2D eigenvalue weighted by molar-refractivity contribution is -0.384. The Bertz CT molecular complexity index is 1360. The molecule has 0 bridgehead atoms. The zero-order valence-corrected chi connectivity index (χ0v) is 18.5. The number of nitrogens with one attached hydrogen (secondary N) is 3. The van der Waals surface area contributed by atoms with E-state index in [0.29, 0.717) is 23.5 Å². The largest absolute Gasteiger partial charge is 0.358 e. The molecule has 1 fully saturated rings. The fourth-order valence-corrected chi connectivity index (χ4v) is 3.94. The first kappa shape index (κ1) is 21.3. The van der Waals surface area contributed by atoms with Crippen LogP contribution in [0.4, 0.5) is 29.2 Å². The van der Waals surface area contributed by atoms with E-state index in [0.717, 1.165) is 48.1 Å². The van der Waals surface area contributed by atoms with Crippen molar-refractivity contribution in [1.29, 1.82) is 0 Å². The van der Waals surface area contributed by atoms with Gasteiger partial charge in [-0.15, -0.1) is 0 Å². The van der Waals surface area contributed by atoms with Crippen molar-refractivity contribution in [3.63, 3.8) is 0 Å². The zero-order chi connectivity index (χ0) is 23.5. The van der Waals surface area contributed by atoms with Crippen LogP contribution in [0.2, 0.25) is 0 Å². The summed E-state index contributed by atoms with van der Waals surface area (Å²) in [6.07, 6.45) is 3.91. The lowest BCUT2D eigenvalue weighted by Crippen LogP contribution is -2.21. The van der Waals surface area contributed by atoms with Crippen LogP contribution in [-0.2, 0) is 0 Å². The number of anilines is 4. The Balaban J connectivity index is 1.40. The van der Waals surface area contributed by atoms with Gasteiger partial charge in [0.1, 0.15) is 0 Å². The summed E-state index contributed by atoms with van der Waals surface area (Å²) in [7, 11) is 0. The molecule has 11 nitrogen and oxygen atoms in total. The van der Waals surface area contributed by atoms with Crippen molar-refractivity contribution in [3.05, 3.63) is 69.9 Å². The molecule has 0 amide bonds. The standard InChI is InChI=1S/C23H23N9O2/c1-15-19(18-6-2-3-7-20(18)25-15)14-24-30-22-27-21(28-23(29-22)31-12-4-5-13-31)26-16-8-10-17(11-9-16)32(33)34/h2-3,6-11,14,25H,4-5,12-13H2,1H3,(H2,26,27,28,29,30)/b24-14-. The molecule has 34 heavy (non-hydrogen) atoms. The minimum Gasteiger partial charge on any atom is -0.358 e. The van der Waals surface area contributed by atoms with Crippen molar-refractivity contribution in [3.8, 4) is 0 Å². The van der Waals surface area contributed by atoms with E-state index >= 15 is 0 Å². The molecule has 1 saturated heterocycles. The highest BCUT2D eigenvalue weighted by Gasteiger charge is 2.18. The topological polar surface area (TPSA) is 137 Å². The minimum atomic E-state index is -0.437. The van der Waals surface area contributed by atoms with E-state index in [9.17, 15) is 10.1 Å². The van der Waals surface area contributed by atoms with E-state index in [1.54, 1.807) is 18.3 Å². The number of hydrogen-bond donors (Lipinski definition) is 3. The monoisotopic (exact) mass is 457 g/mol. The molecule has 2 aromatic carbocycles. The normalized spacial score (nSPS) is 13.6. The molecule has 4 aromatic rings. The highest BCUT2D eigenvalue weighted by molar-refractivity contribution is 6.00. The summed E-state index contributed by atoms with van der Waals surface area (Å²) in [5, 5.41) is 19.5. The molecule has 3 N–H and O–H groups in total. The lowest BCUT2D eigenvalue weighted by Gasteiger charge is -2.16. The van der Waals surface area contributed by atoms with Crippen LogP contribution in [0.15, 0.2) is 53.6 Å². The number of nitro benzene ring substituents is 1. The minimum absolute atomic E-state index is 0.0169. The van der Waals surface area contributed by atoms with Gasteiger partial charge < -0.3 is 15.2 Å². The number of aromatic amines is 1. The van der Waals surface area contributed by atoms with Crippen LogP contribution in [-0.4, -0.2) is 44.2 Å². The predicted molar refractivity (Wildman–Crippen MR) is 132 cm³/mol. The summed E-state index contributed by atoms with van der Waals surface area (Å²) in [5.74, 6) is 1.18. The van der Waals surface area contributed by atoms with Crippen LogP contribution in [0, 0.1) is 17.0 Å². The summed E-state index contributed by atoms with van der Waals surface area (Å²) in [6.45, 7) is 3.75. The molecule has 0 atom stereocenters. The highest BCUT2D eigenvalue weighted by atomic mass is 16.6. The van der Waals surface area contributed by atoms with Crippen LogP contribution in [0.5, 0.6) is 0 Å². The van der Waals surface area contributed by atoms with Gasteiger partial charge in [0.15, 0.2) is 0 Å². The first-order valence-corrected chi connectivity index (χ1v) is 11.0. The van der Waals surface area contributed by atoms with E-state index < -0.39 is 4.92 Å². The average Bonchev–Trinajstić information content (AvgIpc) is 3.48. The van der Waals surface area contributed by atoms with Gasteiger partial charge in [-0.3, -0.25) is 10.1 Å². The number of nitrogens with zero attached hydrogens (tertiary/aromatic N) is 6. The van der Waals surface area contributed by atoms with E-state index in [1.165, 1.54) is 12.1 Å². The maximum atomic E-state index is 10.9. The van der Waals surface area contributed by atoms with E-state index in [-0.39, 0.29) is 5.69 Å².